The molecule has 3 aromatic carbocycles. The van der Waals surface area contributed by atoms with Gasteiger partial charge in [-0.1, -0.05) is 0 Å². The van der Waals surface area contributed by atoms with E-state index in [4.69, 9.17) is 4.98 Å². The van der Waals surface area contributed by atoms with Crippen molar-refractivity contribution in [1.82, 2.24) is 4.98 Å². The molecule has 0 spiro atoms. The summed E-state index contributed by atoms with van der Waals surface area (Å²) in [6, 6.07) is 25.2. The van der Waals surface area contributed by atoms with Crippen LogP contribution in [0.4, 0.5) is 0 Å². The molecule has 0 saturated heterocycles. The van der Waals surface area contributed by atoms with Crippen molar-refractivity contribution in [3.05, 3.63) is 84.1 Å². The first kappa shape index (κ1) is 23.6. The van der Waals surface area contributed by atoms with Crippen LogP contribution in [-0.2, 0) is 5.41 Å². The van der Waals surface area contributed by atoms with Crippen LogP contribution in [0.5, 0.6) is 0 Å². The van der Waals surface area contributed by atoms with Crippen LogP contribution in [0.15, 0.2) is 72.9 Å². The van der Waals surface area contributed by atoms with Crippen molar-refractivity contribution in [2.45, 2.75) is 52.8 Å². The van der Waals surface area contributed by atoms with Gasteiger partial charge in [-0.15, -0.1) is 0 Å². The maximum atomic E-state index is 4.97. The van der Waals surface area contributed by atoms with Crippen molar-refractivity contribution in [1.29, 1.82) is 0 Å². The number of aromatic nitrogens is 1. The van der Waals surface area contributed by atoms with Gasteiger partial charge in [0.15, 0.2) is 0 Å². The summed E-state index contributed by atoms with van der Waals surface area (Å²) < 4.78 is 3.05. The van der Waals surface area contributed by atoms with Crippen molar-refractivity contribution in [2.24, 2.45) is 0 Å². The topological polar surface area (TPSA) is 12.9 Å². The molecule has 3 heteroatoms. The molecule has 0 bridgehead atoms. The van der Waals surface area contributed by atoms with Crippen molar-refractivity contribution < 1.29 is 0 Å². The molecule has 0 aliphatic rings. The van der Waals surface area contributed by atoms with Crippen LogP contribution in [0.25, 0.3) is 40.0 Å². The summed E-state index contributed by atoms with van der Waals surface area (Å²) >= 11 is -0.529. The Hall–Kier alpha value is -2.18. The van der Waals surface area contributed by atoms with E-state index >= 15 is 0 Å². The molecule has 0 unspecified atom stereocenters. The quantitative estimate of drug-likeness (QED) is 0.199. The summed E-state index contributed by atoms with van der Waals surface area (Å²) in [5.41, 5.74) is 6.75. The van der Waals surface area contributed by atoms with Crippen LogP contribution >= 0.6 is 0 Å². The third kappa shape index (κ3) is 4.20. The van der Waals surface area contributed by atoms with Gasteiger partial charge in [-0.3, -0.25) is 0 Å². The number of nitrogens with zero attached hydrogens (tertiary/aromatic N) is 1. The van der Waals surface area contributed by atoms with Gasteiger partial charge in [0.1, 0.15) is 0 Å². The Morgan fingerprint density at radius 3 is 2.18 bits per heavy atom. The van der Waals surface area contributed by atoms with Gasteiger partial charge in [-0.05, 0) is 0 Å². The van der Waals surface area contributed by atoms with Gasteiger partial charge in [0.25, 0.3) is 0 Å². The zero-order valence-corrected chi connectivity index (χ0v) is 24.6. The van der Waals surface area contributed by atoms with Crippen molar-refractivity contribution in [2.75, 3.05) is 0 Å². The normalized spacial score (nSPS) is 12.6. The second-order valence-corrected chi connectivity index (χ2v) is 19.4. The molecule has 34 heavy (non-hydrogen) atoms. The van der Waals surface area contributed by atoms with E-state index in [9.17, 15) is 0 Å². The fraction of sp³-hybridized carbons (Fsp3) is 0.258. The summed E-state index contributed by atoms with van der Waals surface area (Å²) in [5, 5.41) is 5.58. The summed E-state index contributed by atoms with van der Waals surface area (Å²) in [6.45, 7) is 16.5. The van der Waals surface area contributed by atoms with Crippen LogP contribution in [0, 0.1) is 6.92 Å². The molecule has 2 heterocycles. The van der Waals surface area contributed by atoms with E-state index in [-0.39, 0.29) is 5.41 Å². The van der Waals surface area contributed by atoms with Crippen LogP contribution in [0.1, 0.15) is 31.9 Å². The molecule has 0 N–H and O–H groups in total. The SMILES string of the molecule is Cc1c(-c2ccc([Si](C)(C)C)cc2)[te]c2c(-c3cc(C(C)(C)C)c4ccccc4c3)nccc12. The number of hydrogen-bond acceptors (Lipinski definition) is 1. The molecular weight excluding hydrogens is 542 g/mol. The molecule has 0 aliphatic heterocycles. The molecule has 0 amide bonds. The molecule has 5 rings (SSSR count). The van der Waals surface area contributed by atoms with Gasteiger partial charge >= 0.3 is 215 Å². The molecule has 0 atom stereocenters. The van der Waals surface area contributed by atoms with Crippen molar-refractivity contribution >= 4 is 53.3 Å². The van der Waals surface area contributed by atoms with E-state index in [1.165, 1.54) is 52.7 Å². The summed E-state index contributed by atoms with van der Waals surface area (Å²) in [7, 11) is -1.29. The Morgan fingerprint density at radius 2 is 1.50 bits per heavy atom. The predicted molar refractivity (Wildman–Crippen MR) is 153 cm³/mol. The van der Waals surface area contributed by atoms with Crippen LogP contribution in [0.3, 0.4) is 0 Å². The number of rotatable bonds is 3. The number of benzene rings is 3. The monoisotopic (exact) mass is 577 g/mol. The summed E-state index contributed by atoms with van der Waals surface area (Å²) in [4.78, 5) is 4.97. The number of hydrogen-bond donors (Lipinski definition) is 0. The number of pyridine rings is 1. The molecule has 5 aromatic rings. The molecule has 0 radical (unpaired) electrons. The molecule has 172 valence electrons. The Labute approximate surface area is 214 Å². The van der Waals surface area contributed by atoms with E-state index in [0.29, 0.717) is 0 Å². The molecule has 0 fully saturated rings. The van der Waals surface area contributed by atoms with Crippen LogP contribution < -0.4 is 5.19 Å². The molecule has 0 aliphatic carbocycles. The predicted octanol–water partition coefficient (Wildman–Crippen LogP) is 7.93. The first-order chi connectivity index (χ1) is 16.0. The van der Waals surface area contributed by atoms with E-state index in [1.807, 2.05) is 6.20 Å². The molecule has 1 nitrogen and oxygen atoms in total. The van der Waals surface area contributed by atoms with Gasteiger partial charge in [0, 0.05) is 0 Å². The zero-order chi connectivity index (χ0) is 24.3. The second kappa shape index (κ2) is 8.49. The Bertz CT molecular complexity index is 1510. The van der Waals surface area contributed by atoms with E-state index < -0.39 is 28.5 Å². The average Bonchev–Trinajstić information content (AvgIpc) is 3.14. The fourth-order valence-electron chi connectivity index (χ4n) is 4.82. The summed E-state index contributed by atoms with van der Waals surface area (Å²) in [5.74, 6) is 0. The van der Waals surface area contributed by atoms with E-state index in [1.54, 1.807) is 3.58 Å². The van der Waals surface area contributed by atoms with Gasteiger partial charge in [0.2, 0.25) is 0 Å². The zero-order valence-electron chi connectivity index (χ0n) is 21.3. The number of fused-ring (bicyclic) bond motifs is 2. The fourth-order valence-corrected chi connectivity index (χ4v) is 9.75. The minimum absolute atomic E-state index is 0.0711. The Morgan fingerprint density at radius 1 is 0.794 bits per heavy atom. The number of aryl methyl sites for hydroxylation is 1. The first-order valence-corrected chi connectivity index (χ1v) is 17.9. The molecule has 2 aromatic heterocycles. The van der Waals surface area contributed by atoms with Crippen LogP contribution in [0.2, 0.25) is 19.6 Å². The van der Waals surface area contributed by atoms with E-state index in [2.05, 4.69) is 114 Å². The van der Waals surface area contributed by atoms with Gasteiger partial charge in [-0.2, -0.15) is 0 Å². The summed E-state index contributed by atoms with van der Waals surface area (Å²) in [6.07, 6.45) is 2.01. The second-order valence-electron chi connectivity index (χ2n) is 11.4. The Kier molecular flexibility index (Phi) is 5.88. The van der Waals surface area contributed by atoms with Gasteiger partial charge in [-0.25, -0.2) is 0 Å². The Balaban J connectivity index is 1.70. The third-order valence-corrected chi connectivity index (χ3v) is 12.8. The molecule has 0 saturated carbocycles. The third-order valence-electron chi connectivity index (χ3n) is 6.81. The standard InChI is InChI=1S/C31H33NSiTe/c1-20-25-16-17-32-28(23-18-22-10-8-9-11-26(22)27(19-23)31(2,3)4)30(25)34-29(20)21-12-14-24(15-13-21)33(5,6)7/h8-19H,1-7H3. The maximum absolute atomic E-state index is 4.97. The van der Waals surface area contributed by atoms with Crippen molar-refractivity contribution in [3.8, 4) is 20.4 Å². The molecular formula is C31H33NSiTe. The van der Waals surface area contributed by atoms with Crippen molar-refractivity contribution in [3.63, 3.8) is 0 Å². The minimum atomic E-state index is -1.29. The first-order valence-electron chi connectivity index (χ1n) is 12.1. The van der Waals surface area contributed by atoms with Crippen LogP contribution in [-0.4, -0.2) is 33.5 Å². The van der Waals surface area contributed by atoms with Gasteiger partial charge < -0.3 is 0 Å². The van der Waals surface area contributed by atoms with Gasteiger partial charge in [0.05, 0.1) is 0 Å². The average molecular weight is 575 g/mol. The van der Waals surface area contributed by atoms with E-state index in [0.717, 1.165) is 0 Å².